The lowest BCUT2D eigenvalue weighted by Crippen LogP contribution is -2.08. The quantitative estimate of drug-likeness (QED) is 0.639. The van der Waals surface area contributed by atoms with Gasteiger partial charge in [-0.3, -0.25) is 0 Å². The highest BCUT2D eigenvalue weighted by atomic mass is 14.6. The fourth-order valence-electron chi connectivity index (χ4n) is 0.959. The lowest BCUT2D eigenvalue weighted by Gasteiger charge is -2.06. The number of nitrogens with zero attached hydrogens (tertiary/aromatic N) is 1. The summed E-state index contributed by atoms with van der Waals surface area (Å²) in [5.74, 6) is 0. The molecule has 0 bridgehead atoms. The number of benzene rings is 1. The summed E-state index contributed by atoms with van der Waals surface area (Å²) in [5, 5.41) is 8.40. The van der Waals surface area contributed by atoms with Gasteiger partial charge in [-0.25, -0.2) is 0 Å². The van der Waals surface area contributed by atoms with Gasteiger partial charge in [0.25, 0.3) is 0 Å². The smallest absolute Gasteiger partial charge is 0.0641 e. The molecule has 1 atom stereocenters. The number of nitrogens with two attached hydrogens (primary N) is 2. The van der Waals surface area contributed by atoms with Gasteiger partial charge < -0.3 is 11.5 Å². The standard InChI is InChI=1S/C9H11N3/c10-6-5-9(12)7-1-3-8(11)4-2-7/h1-4,9H,5,11-12H2. The summed E-state index contributed by atoms with van der Waals surface area (Å²) in [7, 11) is 0. The van der Waals surface area contributed by atoms with Crippen molar-refractivity contribution in [2.45, 2.75) is 12.5 Å². The molecule has 0 heterocycles. The van der Waals surface area contributed by atoms with Gasteiger partial charge in [-0.05, 0) is 17.7 Å². The molecule has 1 rings (SSSR count). The van der Waals surface area contributed by atoms with E-state index in [0.29, 0.717) is 12.1 Å². The number of rotatable bonds is 2. The zero-order valence-electron chi connectivity index (χ0n) is 6.70. The third-order valence-electron chi connectivity index (χ3n) is 1.68. The maximum Gasteiger partial charge on any atom is 0.0641 e. The average Bonchev–Trinajstić information content (AvgIpc) is 2.06. The van der Waals surface area contributed by atoms with Crippen LogP contribution in [0.3, 0.4) is 0 Å². The van der Waals surface area contributed by atoms with Crippen molar-refractivity contribution < 1.29 is 0 Å². The molecule has 0 spiro atoms. The van der Waals surface area contributed by atoms with Crippen LogP contribution >= 0.6 is 0 Å². The SMILES string of the molecule is N#CCC(N)c1ccc(N)cc1. The van der Waals surface area contributed by atoms with E-state index in [-0.39, 0.29) is 6.04 Å². The summed E-state index contributed by atoms with van der Waals surface area (Å²) in [6, 6.07) is 9.08. The van der Waals surface area contributed by atoms with E-state index in [1.165, 1.54) is 0 Å². The van der Waals surface area contributed by atoms with Crippen LogP contribution in [0.2, 0.25) is 0 Å². The number of nitrogen functional groups attached to an aromatic ring is 1. The van der Waals surface area contributed by atoms with Crippen molar-refractivity contribution in [1.82, 2.24) is 0 Å². The van der Waals surface area contributed by atoms with Crippen LogP contribution in [0.1, 0.15) is 18.0 Å². The van der Waals surface area contributed by atoms with Gasteiger partial charge in [0.15, 0.2) is 0 Å². The van der Waals surface area contributed by atoms with Crippen molar-refractivity contribution in [3.8, 4) is 6.07 Å². The third kappa shape index (κ3) is 1.97. The van der Waals surface area contributed by atoms with Gasteiger partial charge in [0.1, 0.15) is 0 Å². The van der Waals surface area contributed by atoms with E-state index in [4.69, 9.17) is 16.7 Å². The zero-order valence-corrected chi connectivity index (χ0v) is 6.70. The number of anilines is 1. The Balaban J connectivity index is 2.76. The second-order valence-corrected chi connectivity index (χ2v) is 2.64. The average molecular weight is 161 g/mol. The van der Waals surface area contributed by atoms with Gasteiger partial charge in [-0.2, -0.15) is 5.26 Å². The monoisotopic (exact) mass is 161 g/mol. The Bertz CT molecular complexity index is 284. The summed E-state index contributed by atoms with van der Waals surface area (Å²) in [4.78, 5) is 0. The summed E-state index contributed by atoms with van der Waals surface area (Å²) >= 11 is 0. The van der Waals surface area contributed by atoms with E-state index in [9.17, 15) is 0 Å². The van der Waals surface area contributed by atoms with Crippen molar-refractivity contribution in [3.05, 3.63) is 29.8 Å². The third-order valence-corrected chi connectivity index (χ3v) is 1.68. The molecular formula is C9H11N3. The minimum Gasteiger partial charge on any atom is -0.399 e. The Hall–Kier alpha value is -1.53. The molecule has 0 aliphatic rings. The summed E-state index contributed by atoms with van der Waals surface area (Å²) < 4.78 is 0. The van der Waals surface area contributed by atoms with Gasteiger partial charge in [0, 0.05) is 11.7 Å². The molecule has 12 heavy (non-hydrogen) atoms. The Morgan fingerprint density at radius 1 is 1.33 bits per heavy atom. The molecule has 0 saturated heterocycles. The second-order valence-electron chi connectivity index (χ2n) is 2.64. The fraction of sp³-hybridized carbons (Fsp3) is 0.222. The molecule has 0 aliphatic carbocycles. The van der Waals surface area contributed by atoms with Crippen LogP contribution in [0.4, 0.5) is 5.69 Å². The van der Waals surface area contributed by atoms with E-state index in [0.717, 1.165) is 5.56 Å². The fourth-order valence-corrected chi connectivity index (χ4v) is 0.959. The molecule has 3 nitrogen and oxygen atoms in total. The van der Waals surface area contributed by atoms with E-state index in [1.807, 2.05) is 18.2 Å². The Labute approximate surface area is 71.6 Å². The van der Waals surface area contributed by atoms with E-state index < -0.39 is 0 Å². The first kappa shape index (κ1) is 8.57. The predicted molar refractivity (Wildman–Crippen MR) is 48.0 cm³/mol. The van der Waals surface area contributed by atoms with Crippen LogP contribution in [-0.2, 0) is 0 Å². The molecule has 1 aromatic rings. The van der Waals surface area contributed by atoms with E-state index in [1.54, 1.807) is 12.1 Å². The van der Waals surface area contributed by atoms with Crippen LogP contribution in [0, 0.1) is 11.3 Å². The highest BCUT2D eigenvalue weighted by Crippen LogP contribution is 2.14. The van der Waals surface area contributed by atoms with Gasteiger partial charge in [-0.15, -0.1) is 0 Å². The molecule has 4 N–H and O–H groups in total. The summed E-state index contributed by atoms with van der Waals surface area (Å²) in [5.41, 5.74) is 12.8. The van der Waals surface area contributed by atoms with Crippen molar-refractivity contribution in [3.63, 3.8) is 0 Å². The largest absolute Gasteiger partial charge is 0.399 e. The molecule has 1 unspecified atom stereocenters. The molecule has 0 aromatic heterocycles. The molecule has 0 fully saturated rings. The Morgan fingerprint density at radius 3 is 2.42 bits per heavy atom. The predicted octanol–water partition coefficient (Wildman–Crippen LogP) is 1.18. The molecule has 1 aromatic carbocycles. The lowest BCUT2D eigenvalue weighted by molar-refractivity contribution is 0.749. The maximum atomic E-state index is 8.40. The molecule has 0 aliphatic heterocycles. The molecule has 0 amide bonds. The van der Waals surface area contributed by atoms with E-state index >= 15 is 0 Å². The summed E-state index contributed by atoms with van der Waals surface area (Å²) in [6.07, 6.45) is 0.337. The van der Waals surface area contributed by atoms with Crippen molar-refractivity contribution in [1.29, 1.82) is 5.26 Å². The molecule has 0 saturated carbocycles. The van der Waals surface area contributed by atoms with Crippen LogP contribution in [0.5, 0.6) is 0 Å². The number of nitriles is 1. The Morgan fingerprint density at radius 2 is 1.92 bits per heavy atom. The first-order chi connectivity index (χ1) is 5.74. The topological polar surface area (TPSA) is 75.8 Å². The molecule has 0 radical (unpaired) electrons. The minimum atomic E-state index is -0.199. The van der Waals surface area contributed by atoms with Crippen LogP contribution in [0.25, 0.3) is 0 Å². The van der Waals surface area contributed by atoms with Gasteiger partial charge in [0.05, 0.1) is 12.5 Å². The first-order valence-electron chi connectivity index (χ1n) is 3.72. The van der Waals surface area contributed by atoms with Crippen molar-refractivity contribution >= 4 is 5.69 Å². The molecular weight excluding hydrogens is 150 g/mol. The highest BCUT2D eigenvalue weighted by Gasteiger charge is 2.03. The number of hydrogen-bond donors (Lipinski definition) is 2. The zero-order chi connectivity index (χ0) is 8.97. The van der Waals surface area contributed by atoms with Crippen LogP contribution in [-0.4, -0.2) is 0 Å². The Kier molecular flexibility index (Phi) is 2.67. The lowest BCUT2D eigenvalue weighted by atomic mass is 10.1. The molecule has 62 valence electrons. The van der Waals surface area contributed by atoms with Crippen molar-refractivity contribution in [2.75, 3.05) is 5.73 Å². The molecule has 3 heteroatoms. The second kappa shape index (κ2) is 3.74. The van der Waals surface area contributed by atoms with Crippen LogP contribution < -0.4 is 11.5 Å². The van der Waals surface area contributed by atoms with Crippen LogP contribution in [0.15, 0.2) is 24.3 Å². The number of hydrogen-bond acceptors (Lipinski definition) is 3. The first-order valence-corrected chi connectivity index (χ1v) is 3.72. The summed E-state index contributed by atoms with van der Waals surface area (Å²) in [6.45, 7) is 0. The highest BCUT2D eigenvalue weighted by molar-refractivity contribution is 5.40. The van der Waals surface area contributed by atoms with Gasteiger partial charge >= 0.3 is 0 Å². The van der Waals surface area contributed by atoms with Gasteiger partial charge in [-0.1, -0.05) is 12.1 Å². The normalized spacial score (nSPS) is 12.0. The maximum absolute atomic E-state index is 8.40. The van der Waals surface area contributed by atoms with Gasteiger partial charge in [0.2, 0.25) is 0 Å². The van der Waals surface area contributed by atoms with Crippen molar-refractivity contribution in [2.24, 2.45) is 5.73 Å². The van der Waals surface area contributed by atoms with E-state index in [2.05, 4.69) is 0 Å². The minimum absolute atomic E-state index is 0.199.